The van der Waals surface area contributed by atoms with E-state index >= 15 is 0 Å². The minimum atomic E-state index is -0.783. The standard InChI is InChI=1S/C9H10O2.CH2Cl2/c1-7-2-4-8(5-3-7)6-9(10)11;2-1-3/h2-5H,6H2,1H3,(H,10,11);1H2. The molecule has 0 spiro atoms. The van der Waals surface area contributed by atoms with Crippen molar-refractivity contribution < 1.29 is 9.90 Å². The van der Waals surface area contributed by atoms with E-state index in [4.69, 9.17) is 28.3 Å². The topological polar surface area (TPSA) is 37.3 Å². The van der Waals surface area contributed by atoms with E-state index in [2.05, 4.69) is 0 Å². The third-order valence-corrected chi connectivity index (χ3v) is 1.48. The van der Waals surface area contributed by atoms with Crippen molar-refractivity contribution in [1.29, 1.82) is 0 Å². The summed E-state index contributed by atoms with van der Waals surface area (Å²) in [5, 5.41) is 8.63. The summed E-state index contributed by atoms with van der Waals surface area (Å²) in [7, 11) is 0. The lowest BCUT2D eigenvalue weighted by Crippen LogP contribution is -1.99. The van der Waals surface area contributed by atoms with Crippen molar-refractivity contribution in [2.45, 2.75) is 13.3 Å². The maximum Gasteiger partial charge on any atom is 0.307 e. The molecular weight excluding hydrogens is 223 g/mol. The molecule has 0 amide bonds. The highest BCUT2D eigenvalue weighted by atomic mass is 35.5. The monoisotopic (exact) mass is 234 g/mol. The van der Waals surface area contributed by atoms with Gasteiger partial charge in [0.1, 0.15) is 0 Å². The SMILES string of the molecule is Cc1ccc(CC(=O)O)cc1.ClCCl. The highest BCUT2D eigenvalue weighted by Gasteiger charge is 1.97. The van der Waals surface area contributed by atoms with Crippen molar-refractivity contribution in [3.63, 3.8) is 0 Å². The number of aryl methyl sites for hydroxylation is 1. The molecule has 14 heavy (non-hydrogen) atoms. The van der Waals surface area contributed by atoms with Gasteiger partial charge in [-0.2, -0.15) is 0 Å². The van der Waals surface area contributed by atoms with Gasteiger partial charge < -0.3 is 5.11 Å². The molecule has 0 atom stereocenters. The number of carboxylic acid groups (broad SMARTS) is 1. The van der Waals surface area contributed by atoms with Crippen LogP contribution in [0.5, 0.6) is 0 Å². The molecule has 0 fully saturated rings. The number of hydrogen-bond acceptors (Lipinski definition) is 1. The van der Waals surface area contributed by atoms with Crippen molar-refractivity contribution in [2.75, 3.05) is 5.34 Å². The number of hydrogen-bond donors (Lipinski definition) is 1. The van der Waals surface area contributed by atoms with Crippen LogP contribution in [-0.2, 0) is 11.2 Å². The van der Waals surface area contributed by atoms with Crippen LogP contribution in [0.15, 0.2) is 24.3 Å². The van der Waals surface area contributed by atoms with Crippen molar-refractivity contribution in [3.8, 4) is 0 Å². The van der Waals surface area contributed by atoms with E-state index in [0.717, 1.165) is 11.1 Å². The van der Waals surface area contributed by atoms with Crippen LogP contribution in [0.2, 0.25) is 0 Å². The van der Waals surface area contributed by atoms with Crippen LogP contribution in [0.4, 0.5) is 0 Å². The molecule has 0 saturated heterocycles. The first-order valence-corrected chi connectivity index (χ1v) is 5.06. The zero-order chi connectivity index (χ0) is 11.0. The van der Waals surface area contributed by atoms with Crippen LogP contribution in [0.3, 0.4) is 0 Å². The molecule has 0 aliphatic rings. The van der Waals surface area contributed by atoms with E-state index in [1.807, 2.05) is 31.2 Å². The van der Waals surface area contributed by atoms with Gasteiger partial charge in [-0.05, 0) is 12.5 Å². The van der Waals surface area contributed by atoms with E-state index in [-0.39, 0.29) is 11.8 Å². The molecule has 0 radical (unpaired) electrons. The lowest BCUT2D eigenvalue weighted by atomic mass is 10.1. The molecule has 0 bridgehead atoms. The van der Waals surface area contributed by atoms with Crippen LogP contribution in [0.1, 0.15) is 11.1 Å². The number of aliphatic carboxylic acids is 1. The zero-order valence-corrected chi connectivity index (χ0v) is 9.35. The van der Waals surface area contributed by atoms with Gasteiger partial charge >= 0.3 is 5.97 Å². The van der Waals surface area contributed by atoms with Crippen LogP contribution in [0, 0.1) is 6.92 Å². The van der Waals surface area contributed by atoms with Crippen LogP contribution in [0.25, 0.3) is 0 Å². The summed E-state index contributed by atoms with van der Waals surface area (Å²) < 4.78 is 0. The Bertz CT molecular complexity index is 270. The van der Waals surface area contributed by atoms with Gasteiger partial charge in [-0.15, -0.1) is 23.2 Å². The predicted molar refractivity (Wildman–Crippen MR) is 59.1 cm³/mol. The Balaban J connectivity index is 0.000000500. The number of benzene rings is 1. The van der Waals surface area contributed by atoms with Crippen molar-refractivity contribution in [2.24, 2.45) is 0 Å². The summed E-state index contributed by atoms with van der Waals surface area (Å²) in [5.41, 5.74) is 2.00. The van der Waals surface area contributed by atoms with E-state index in [1.54, 1.807) is 0 Å². The molecular formula is C10H12Cl2O2. The summed E-state index contributed by atoms with van der Waals surface area (Å²) >= 11 is 9.53. The second-order valence-electron chi connectivity index (χ2n) is 2.66. The normalized spacial score (nSPS) is 8.79. The third-order valence-electron chi connectivity index (χ3n) is 1.48. The van der Waals surface area contributed by atoms with Gasteiger partial charge in [-0.25, -0.2) is 0 Å². The summed E-state index contributed by atoms with van der Waals surface area (Å²) in [6.07, 6.45) is 0.111. The van der Waals surface area contributed by atoms with Gasteiger partial charge in [0.2, 0.25) is 0 Å². The van der Waals surface area contributed by atoms with E-state index < -0.39 is 5.97 Å². The fourth-order valence-electron chi connectivity index (χ4n) is 0.881. The van der Waals surface area contributed by atoms with E-state index in [9.17, 15) is 4.79 Å². The second kappa shape index (κ2) is 7.65. The molecule has 0 unspecified atom stereocenters. The fraction of sp³-hybridized carbons (Fsp3) is 0.300. The Morgan fingerprint density at radius 2 is 1.71 bits per heavy atom. The van der Waals surface area contributed by atoms with Crippen molar-refractivity contribution >= 4 is 29.2 Å². The van der Waals surface area contributed by atoms with E-state index in [0.29, 0.717) is 0 Å². The number of carboxylic acids is 1. The van der Waals surface area contributed by atoms with Crippen molar-refractivity contribution in [1.82, 2.24) is 0 Å². The highest BCUT2D eigenvalue weighted by Crippen LogP contribution is 2.03. The van der Waals surface area contributed by atoms with Gasteiger partial charge in [0.25, 0.3) is 0 Å². The first-order valence-electron chi connectivity index (χ1n) is 3.99. The summed E-state index contributed by atoms with van der Waals surface area (Å²) in [6.45, 7) is 1.98. The molecule has 2 nitrogen and oxygen atoms in total. The zero-order valence-electron chi connectivity index (χ0n) is 7.84. The Labute approximate surface area is 93.5 Å². The Hall–Kier alpha value is -0.730. The molecule has 1 aromatic rings. The predicted octanol–water partition coefficient (Wildman–Crippen LogP) is 3.04. The first-order chi connectivity index (χ1) is 6.60. The van der Waals surface area contributed by atoms with Crippen LogP contribution < -0.4 is 0 Å². The number of carbonyl (C=O) groups is 1. The smallest absolute Gasteiger partial charge is 0.307 e. The highest BCUT2D eigenvalue weighted by molar-refractivity contribution is 6.40. The fourth-order valence-corrected chi connectivity index (χ4v) is 0.881. The van der Waals surface area contributed by atoms with Crippen molar-refractivity contribution in [3.05, 3.63) is 35.4 Å². The van der Waals surface area contributed by atoms with Gasteiger partial charge in [-0.1, -0.05) is 29.8 Å². The van der Waals surface area contributed by atoms with Crippen LogP contribution in [-0.4, -0.2) is 16.4 Å². The maximum absolute atomic E-state index is 10.3. The number of alkyl halides is 2. The largest absolute Gasteiger partial charge is 0.481 e. The summed E-state index contributed by atoms with van der Waals surface area (Å²) in [5.74, 6) is -0.783. The number of halogens is 2. The first kappa shape index (κ1) is 13.3. The quantitative estimate of drug-likeness (QED) is 0.800. The molecule has 78 valence electrons. The Morgan fingerprint density at radius 1 is 1.29 bits per heavy atom. The average molecular weight is 235 g/mol. The average Bonchev–Trinajstić information content (AvgIpc) is 2.09. The van der Waals surface area contributed by atoms with Crippen LogP contribution >= 0.6 is 23.2 Å². The molecule has 0 aromatic heterocycles. The van der Waals surface area contributed by atoms with Gasteiger partial charge in [0.15, 0.2) is 0 Å². The Kier molecular flexibility index (Phi) is 7.25. The summed E-state index contributed by atoms with van der Waals surface area (Å²) in [6, 6.07) is 7.50. The van der Waals surface area contributed by atoms with Gasteiger partial charge in [0, 0.05) is 0 Å². The Morgan fingerprint density at radius 3 is 2.07 bits per heavy atom. The molecule has 0 aliphatic carbocycles. The third kappa shape index (κ3) is 6.75. The molecule has 0 aliphatic heterocycles. The second-order valence-corrected chi connectivity index (χ2v) is 3.47. The summed E-state index contributed by atoms with van der Waals surface area (Å²) in [4.78, 5) is 10.3. The van der Waals surface area contributed by atoms with E-state index in [1.165, 1.54) is 0 Å². The number of rotatable bonds is 2. The molecule has 1 rings (SSSR count). The molecule has 4 heteroatoms. The molecule has 1 N–H and O–H groups in total. The minimum Gasteiger partial charge on any atom is -0.481 e. The lowest BCUT2D eigenvalue weighted by Gasteiger charge is -1.96. The maximum atomic E-state index is 10.3. The molecule has 0 heterocycles. The van der Waals surface area contributed by atoms with Gasteiger partial charge in [-0.3, -0.25) is 4.79 Å². The molecule has 1 aromatic carbocycles. The lowest BCUT2D eigenvalue weighted by molar-refractivity contribution is -0.136. The minimum absolute atomic E-state index is 0.111. The van der Waals surface area contributed by atoms with Gasteiger partial charge in [0.05, 0.1) is 11.8 Å². The molecule has 0 saturated carbocycles.